The number of hydrogen-bond acceptors (Lipinski definition) is 3. The average molecular weight is 432 g/mol. The predicted octanol–water partition coefficient (Wildman–Crippen LogP) is 6.91. The molecule has 0 saturated carbocycles. The van der Waals surface area contributed by atoms with Gasteiger partial charge in [-0.3, -0.25) is 4.79 Å². The van der Waals surface area contributed by atoms with Crippen molar-refractivity contribution in [2.75, 3.05) is 18.5 Å². The van der Waals surface area contributed by atoms with Gasteiger partial charge in [-0.2, -0.15) is 0 Å². The molecule has 0 spiro atoms. The number of anilines is 1. The number of ether oxygens (including phenoxy) is 2. The Hall–Kier alpha value is -3.27. The largest absolute Gasteiger partial charge is 0.494 e. The molecule has 0 aliphatic rings. The quantitative estimate of drug-likeness (QED) is 0.299. The van der Waals surface area contributed by atoms with Crippen LogP contribution in [0.4, 0.5) is 5.69 Å². The van der Waals surface area contributed by atoms with E-state index in [4.69, 9.17) is 9.47 Å². The summed E-state index contributed by atoms with van der Waals surface area (Å²) in [7, 11) is 0. The Balaban J connectivity index is 1.44. The molecule has 0 heterocycles. The molecule has 0 radical (unpaired) electrons. The molecule has 0 saturated heterocycles. The van der Waals surface area contributed by atoms with Gasteiger partial charge in [0.15, 0.2) is 0 Å². The molecule has 4 heteroatoms. The summed E-state index contributed by atoms with van der Waals surface area (Å²) in [5.74, 6) is 1.38. The summed E-state index contributed by atoms with van der Waals surface area (Å²) >= 11 is 0. The van der Waals surface area contributed by atoms with Crippen LogP contribution in [0.25, 0.3) is 0 Å². The summed E-state index contributed by atoms with van der Waals surface area (Å²) in [4.78, 5) is 12.6. The van der Waals surface area contributed by atoms with E-state index in [0.717, 1.165) is 30.0 Å². The molecule has 0 bridgehead atoms. The average Bonchev–Trinajstić information content (AvgIpc) is 2.83. The molecule has 168 valence electrons. The van der Waals surface area contributed by atoms with Crippen molar-refractivity contribution in [3.8, 4) is 11.5 Å². The molecule has 3 aromatic rings. The standard InChI is InChI=1S/C28H33NO3/c1-2-3-4-5-9-20-31-27-14-10-13-25(22-27)29-28(30)24-15-17-26(18-16-24)32-21-19-23-11-7-6-8-12-23/h6-8,10-18,22H,2-5,9,19-21H2,1H3,(H,29,30). The van der Waals surface area contributed by atoms with E-state index in [9.17, 15) is 4.79 Å². The number of carbonyl (C=O) groups is 1. The molecule has 3 aromatic carbocycles. The van der Waals surface area contributed by atoms with Gasteiger partial charge in [-0.25, -0.2) is 0 Å². The predicted molar refractivity (Wildman–Crippen MR) is 131 cm³/mol. The van der Waals surface area contributed by atoms with Crippen molar-refractivity contribution in [2.24, 2.45) is 0 Å². The number of rotatable bonds is 13. The summed E-state index contributed by atoms with van der Waals surface area (Å²) in [5, 5.41) is 2.94. The summed E-state index contributed by atoms with van der Waals surface area (Å²) < 4.78 is 11.6. The summed E-state index contributed by atoms with van der Waals surface area (Å²) in [6, 6.07) is 25.0. The molecule has 4 nitrogen and oxygen atoms in total. The highest BCUT2D eigenvalue weighted by Gasteiger charge is 2.07. The molecule has 0 aromatic heterocycles. The lowest BCUT2D eigenvalue weighted by atomic mass is 10.1. The first-order valence-corrected chi connectivity index (χ1v) is 11.6. The third-order valence-corrected chi connectivity index (χ3v) is 5.23. The summed E-state index contributed by atoms with van der Waals surface area (Å²) in [6.45, 7) is 3.51. The lowest BCUT2D eigenvalue weighted by Gasteiger charge is -2.10. The van der Waals surface area contributed by atoms with Gasteiger partial charge in [0, 0.05) is 23.7 Å². The van der Waals surface area contributed by atoms with Gasteiger partial charge in [0.2, 0.25) is 0 Å². The zero-order valence-electron chi connectivity index (χ0n) is 18.9. The molecule has 0 unspecified atom stereocenters. The highest BCUT2D eigenvalue weighted by Crippen LogP contribution is 2.20. The Labute approximate surface area is 191 Å². The molecule has 32 heavy (non-hydrogen) atoms. The van der Waals surface area contributed by atoms with Crippen LogP contribution in [0.15, 0.2) is 78.9 Å². The number of amides is 1. The third-order valence-electron chi connectivity index (χ3n) is 5.23. The van der Waals surface area contributed by atoms with Crippen LogP contribution in [0.3, 0.4) is 0 Å². The molecule has 0 aliphatic carbocycles. The van der Waals surface area contributed by atoms with Crippen LogP contribution in [0.5, 0.6) is 11.5 Å². The lowest BCUT2D eigenvalue weighted by molar-refractivity contribution is 0.102. The maximum Gasteiger partial charge on any atom is 0.255 e. The Morgan fingerprint density at radius 1 is 0.750 bits per heavy atom. The number of unbranched alkanes of at least 4 members (excludes halogenated alkanes) is 4. The van der Waals surface area contributed by atoms with Crippen molar-refractivity contribution in [2.45, 2.75) is 45.4 Å². The molecule has 0 fully saturated rings. The zero-order chi connectivity index (χ0) is 22.4. The second-order valence-corrected chi connectivity index (χ2v) is 7.85. The van der Waals surface area contributed by atoms with Gasteiger partial charge < -0.3 is 14.8 Å². The molecular formula is C28H33NO3. The Morgan fingerprint density at radius 3 is 2.28 bits per heavy atom. The molecule has 0 atom stereocenters. The van der Waals surface area contributed by atoms with E-state index in [1.807, 2.05) is 54.6 Å². The van der Waals surface area contributed by atoms with Gasteiger partial charge in [-0.15, -0.1) is 0 Å². The van der Waals surface area contributed by atoms with Crippen LogP contribution in [0.1, 0.15) is 54.9 Å². The minimum absolute atomic E-state index is 0.155. The molecule has 1 N–H and O–H groups in total. The third kappa shape index (κ3) is 8.10. The minimum atomic E-state index is -0.155. The number of hydrogen-bond donors (Lipinski definition) is 1. The van der Waals surface area contributed by atoms with Gasteiger partial charge in [0.05, 0.1) is 13.2 Å². The molecule has 1 amide bonds. The first kappa shape index (κ1) is 23.4. The Kier molecular flexibility index (Phi) is 9.66. The van der Waals surface area contributed by atoms with Gasteiger partial charge >= 0.3 is 0 Å². The first-order chi connectivity index (χ1) is 15.7. The fourth-order valence-corrected chi connectivity index (χ4v) is 3.40. The van der Waals surface area contributed by atoms with E-state index < -0.39 is 0 Å². The van der Waals surface area contributed by atoms with Crippen molar-refractivity contribution < 1.29 is 14.3 Å². The molecule has 0 aliphatic heterocycles. The molecular weight excluding hydrogens is 398 g/mol. The van der Waals surface area contributed by atoms with E-state index in [0.29, 0.717) is 18.8 Å². The maximum atomic E-state index is 12.6. The number of carbonyl (C=O) groups excluding carboxylic acids is 1. The molecule has 3 rings (SSSR count). The van der Waals surface area contributed by atoms with E-state index in [1.165, 1.54) is 31.2 Å². The topological polar surface area (TPSA) is 47.6 Å². The van der Waals surface area contributed by atoms with E-state index in [2.05, 4.69) is 24.4 Å². The normalized spacial score (nSPS) is 10.5. The van der Waals surface area contributed by atoms with Gasteiger partial charge in [0.25, 0.3) is 5.91 Å². The number of benzene rings is 3. The second-order valence-electron chi connectivity index (χ2n) is 7.85. The van der Waals surface area contributed by atoms with Crippen LogP contribution in [-0.2, 0) is 6.42 Å². The summed E-state index contributed by atoms with van der Waals surface area (Å²) in [5.41, 5.74) is 2.55. The highest BCUT2D eigenvalue weighted by atomic mass is 16.5. The Morgan fingerprint density at radius 2 is 1.50 bits per heavy atom. The SMILES string of the molecule is CCCCCCCOc1cccc(NC(=O)c2ccc(OCCc3ccccc3)cc2)c1. The fourth-order valence-electron chi connectivity index (χ4n) is 3.40. The van der Waals surface area contributed by atoms with Crippen LogP contribution >= 0.6 is 0 Å². The van der Waals surface area contributed by atoms with E-state index >= 15 is 0 Å². The van der Waals surface area contributed by atoms with Gasteiger partial charge in [-0.05, 0) is 48.4 Å². The van der Waals surface area contributed by atoms with Crippen LogP contribution in [0, 0.1) is 0 Å². The second kappa shape index (κ2) is 13.2. The number of nitrogens with one attached hydrogen (secondary N) is 1. The zero-order valence-corrected chi connectivity index (χ0v) is 18.9. The highest BCUT2D eigenvalue weighted by molar-refractivity contribution is 6.04. The van der Waals surface area contributed by atoms with Crippen molar-refractivity contribution in [3.63, 3.8) is 0 Å². The lowest BCUT2D eigenvalue weighted by Crippen LogP contribution is -2.12. The van der Waals surface area contributed by atoms with Crippen LogP contribution in [-0.4, -0.2) is 19.1 Å². The van der Waals surface area contributed by atoms with Crippen LogP contribution < -0.4 is 14.8 Å². The minimum Gasteiger partial charge on any atom is -0.494 e. The maximum absolute atomic E-state index is 12.6. The fraction of sp³-hybridized carbons (Fsp3) is 0.321. The van der Waals surface area contributed by atoms with E-state index in [1.54, 1.807) is 12.1 Å². The van der Waals surface area contributed by atoms with Crippen molar-refractivity contribution >= 4 is 11.6 Å². The van der Waals surface area contributed by atoms with Crippen molar-refractivity contribution in [1.29, 1.82) is 0 Å². The Bertz CT molecular complexity index is 938. The van der Waals surface area contributed by atoms with Crippen molar-refractivity contribution in [3.05, 3.63) is 90.0 Å². The van der Waals surface area contributed by atoms with Gasteiger partial charge in [-0.1, -0.05) is 69.0 Å². The monoisotopic (exact) mass is 431 g/mol. The van der Waals surface area contributed by atoms with Crippen LogP contribution in [0.2, 0.25) is 0 Å². The smallest absolute Gasteiger partial charge is 0.255 e. The van der Waals surface area contributed by atoms with E-state index in [-0.39, 0.29) is 5.91 Å². The van der Waals surface area contributed by atoms with Gasteiger partial charge in [0.1, 0.15) is 11.5 Å². The summed E-state index contributed by atoms with van der Waals surface area (Å²) in [6.07, 6.45) is 6.87. The first-order valence-electron chi connectivity index (χ1n) is 11.6. The van der Waals surface area contributed by atoms with Crippen molar-refractivity contribution in [1.82, 2.24) is 0 Å².